The topological polar surface area (TPSA) is 69.7 Å². The summed E-state index contributed by atoms with van der Waals surface area (Å²) in [6, 6.07) is 0.0458. The van der Waals surface area contributed by atoms with Gasteiger partial charge < -0.3 is 10.2 Å². The van der Waals surface area contributed by atoms with Gasteiger partial charge in [0.15, 0.2) is 0 Å². The van der Waals surface area contributed by atoms with Crippen LogP contribution >= 0.6 is 0 Å². The number of hydrogen-bond donors (Lipinski definition) is 1. The number of rotatable bonds is 5. The Hall–Kier alpha value is -0.660. The van der Waals surface area contributed by atoms with E-state index in [-0.39, 0.29) is 23.7 Å². The van der Waals surface area contributed by atoms with E-state index in [1.54, 1.807) is 4.31 Å². The van der Waals surface area contributed by atoms with Gasteiger partial charge in [0.2, 0.25) is 15.9 Å². The molecule has 0 aromatic heterocycles. The highest BCUT2D eigenvalue weighted by molar-refractivity contribution is 7.89. The summed E-state index contributed by atoms with van der Waals surface area (Å²) in [5.41, 5.74) is -0.489. The second-order valence-electron chi connectivity index (χ2n) is 8.35. The minimum atomic E-state index is -3.19. The van der Waals surface area contributed by atoms with Crippen LogP contribution < -0.4 is 5.32 Å². The third kappa shape index (κ3) is 3.35. The minimum absolute atomic E-state index is 0.108. The molecule has 0 aromatic rings. The lowest BCUT2D eigenvalue weighted by molar-refractivity contribution is -0.137. The summed E-state index contributed by atoms with van der Waals surface area (Å²) in [6.07, 6.45) is 8.69. The van der Waals surface area contributed by atoms with Gasteiger partial charge in [-0.1, -0.05) is 12.8 Å². The Morgan fingerprint density at radius 1 is 1.04 bits per heavy atom. The number of likely N-dealkylation sites (tertiary alicyclic amines) is 1. The van der Waals surface area contributed by atoms with Crippen molar-refractivity contribution < 1.29 is 13.2 Å². The molecule has 2 heterocycles. The predicted molar refractivity (Wildman–Crippen MR) is 96.6 cm³/mol. The van der Waals surface area contributed by atoms with Crippen LogP contribution in [0.2, 0.25) is 0 Å². The zero-order valence-corrected chi connectivity index (χ0v) is 15.9. The zero-order valence-electron chi connectivity index (χ0n) is 15.1. The highest BCUT2D eigenvalue weighted by Crippen LogP contribution is 2.50. The van der Waals surface area contributed by atoms with Crippen LogP contribution in [0.3, 0.4) is 0 Å². The number of fused-ring (bicyclic) bond motifs is 1. The molecular weight excluding hydrogens is 338 g/mol. The molecule has 2 saturated carbocycles. The van der Waals surface area contributed by atoms with Crippen molar-refractivity contribution in [3.8, 4) is 0 Å². The molecule has 4 aliphatic rings. The van der Waals surface area contributed by atoms with Crippen molar-refractivity contribution in [3.05, 3.63) is 0 Å². The molecule has 2 saturated heterocycles. The van der Waals surface area contributed by atoms with Crippen molar-refractivity contribution in [2.75, 3.05) is 31.9 Å². The van der Waals surface area contributed by atoms with Crippen LogP contribution in [0.4, 0.5) is 0 Å². The molecular formula is C18H31N3O3S. The van der Waals surface area contributed by atoms with E-state index in [4.69, 9.17) is 0 Å². The van der Waals surface area contributed by atoms with Crippen LogP contribution in [-0.2, 0) is 14.8 Å². The summed E-state index contributed by atoms with van der Waals surface area (Å²) in [6.45, 7) is 3.87. The largest absolute Gasteiger partial charge is 0.354 e. The lowest BCUT2D eigenvalue weighted by atomic mass is 9.67. The summed E-state index contributed by atoms with van der Waals surface area (Å²) in [5, 5.41) is 3.17. The number of nitrogens with zero attached hydrogens (tertiary/aromatic N) is 2. The number of carbonyl (C=O) groups is 1. The fourth-order valence-corrected chi connectivity index (χ4v) is 7.39. The molecule has 1 amide bonds. The van der Waals surface area contributed by atoms with E-state index in [9.17, 15) is 13.2 Å². The SMILES string of the molecule is O=C(NCCN1CCCC1)[C@@]12CCCC[C@H]1N(C1CC1)S(=O)(=O)CC2. The van der Waals surface area contributed by atoms with E-state index in [2.05, 4.69) is 10.2 Å². The number of amides is 1. The van der Waals surface area contributed by atoms with Gasteiger partial charge in [0.25, 0.3) is 0 Å². The van der Waals surface area contributed by atoms with Crippen molar-refractivity contribution in [1.82, 2.24) is 14.5 Å². The fraction of sp³-hybridized carbons (Fsp3) is 0.944. The van der Waals surface area contributed by atoms with E-state index in [1.807, 2.05) is 0 Å². The second kappa shape index (κ2) is 6.82. The van der Waals surface area contributed by atoms with Gasteiger partial charge >= 0.3 is 0 Å². The van der Waals surface area contributed by atoms with E-state index in [1.165, 1.54) is 12.8 Å². The lowest BCUT2D eigenvalue weighted by Gasteiger charge is -2.51. The Balaban J connectivity index is 1.47. The Kier molecular flexibility index (Phi) is 4.84. The third-order valence-corrected chi connectivity index (χ3v) is 8.61. The van der Waals surface area contributed by atoms with E-state index in [0.29, 0.717) is 13.0 Å². The molecule has 142 valence electrons. The first kappa shape index (κ1) is 17.7. The van der Waals surface area contributed by atoms with Gasteiger partial charge in [-0.2, -0.15) is 4.31 Å². The number of carbonyl (C=O) groups excluding carboxylic acids is 1. The van der Waals surface area contributed by atoms with Gasteiger partial charge in [0, 0.05) is 25.2 Å². The molecule has 0 radical (unpaired) electrons. The van der Waals surface area contributed by atoms with Crippen molar-refractivity contribution >= 4 is 15.9 Å². The van der Waals surface area contributed by atoms with Gasteiger partial charge in [-0.25, -0.2) is 8.42 Å². The molecule has 4 fully saturated rings. The molecule has 2 aliphatic carbocycles. The molecule has 25 heavy (non-hydrogen) atoms. The van der Waals surface area contributed by atoms with E-state index in [0.717, 1.165) is 58.2 Å². The zero-order chi connectivity index (χ0) is 17.5. The summed E-state index contributed by atoms with van der Waals surface area (Å²) in [5.74, 6) is 0.247. The normalized spacial score (nSPS) is 36.1. The number of nitrogens with one attached hydrogen (secondary N) is 1. The first-order chi connectivity index (χ1) is 12.0. The van der Waals surface area contributed by atoms with Gasteiger partial charge in [-0.15, -0.1) is 0 Å². The quantitative estimate of drug-likeness (QED) is 0.794. The monoisotopic (exact) mass is 369 g/mol. The Morgan fingerprint density at radius 3 is 2.52 bits per heavy atom. The van der Waals surface area contributed by atoms with Crippen LogP contribution in [0.5, 0.6) is 0 Å². The summed E-state index contributed by atoms with van der Waals surface area (Å²) < 4.78 is 27.1. The standard InChI is InChI=1S/C18H31N3O3S/c22-17(19-10-13-20-11-3-4-12-20)18-8-2-1-5-16(18)21(15-6-7-15)25(23,24)14-9-18/h15-16H,1-14H2,(H,19,22)/t16-,18-/m1/s1. The first-order valence-corrected chi connectivity index (χ1v) is 11.7. The molecule has 4 rings (SSSR count). The summed E-state index contributed by atoms with van der Waals surface area (Å²) >= 11 is 0. The van der Waals surface area contributed by atoms with Crippen LogP contribution in [0.25, 0.3) is 0 Å². The van der Waals surface area contributed by atoms with Crippen molar-refractivity contribution in [3.63, 3.8) is 0 Å². The molecule has 0 bridgehead atoms. The van der Waals surface area contributed by atoms with Crippen molar-refractivity contribution in [2.24, 2.45) is 5.41 Å². The molecule has 1 N–H and O–H groups in total. The maximum atomic E-state index is 13.2. The van der Waals surface area contributed by atoms with Crippen LogP contribution in [-0.4, -0.2) is 67.5 Å². The molecule has 2 atom stereocenters. The number of hydrogen-bond acceptors (Lipinski definition) is 4. The molecule has 7 heteroatoms. The maximum absolute atomic E-state index is 13.2. The Bertz CT molecular complexity index is 613. The maximum Gasteiger partial charge on any atom is 0.227 e. The predicted octanol–water partition coefficient (Wildman–Crippen LogP) is 1.33. The first-order valence-electron chi connectivity index (χ1n) is 10.0. The highest BCUT2D eigenvalue weighted by atomic mass is 32.2. The van der Waals surface area contributed by atoms with Gasteiger partial charge in [-0.3, -0.25) is 4.79 Å². The molecule has 6 nitrogen and oxygen atoms in total. The second-order valence-corrected chi connectivity index (χ2v) is 10.3. The van der Waals surface area contributed by atoms with Crippen LogP contribution in [0.15, 0.2) is 0 Å². The van der Waals surface area contributed by atoms with Gasteiger partial charge in [0.1, 0.15) is 0 Å². The van der Waals surface area contributed by atoms with Crippen molar-refractivity contribution in [2.45, 2.75) is 69.9 Å². The van der Waals surface area contributed by atoms with Gasteiger partial charge in [0.05, 0.1) is 11.2 Å². The summed E-state index contributed by atoms with van der Waals surface area (Å²) in [4.78, 5) is 15.6. The molecule has 0 unspecified atom stereocenters. The summed E-state index contributed by atoms with van der Waals surface area (Å²) in [7, 11) is -3.19. The third-order valence-electron chi connectivity index (χ3n) is 6.69. The van der Waals surface area contributed by atoms with Crippen molar-refractivity contribution in [1.29, 1.82) is 0 Å². The number of sulfonamides is 1. The molecule has 0 spiro atoms. The fourth-order valence-electron chi connectivity index (χ4n) is 5.19. The molecule has 0 aromatic carbocycles. The van der Waals surface area contributed by atoms with E-state index < -0.39 is 15.4 Å². The van der Waals surface area contributed by atoms with E-state index >= 15 is 0 Å². The van der Waals surface area contributed by atoms with Crippen LogP contribution in [0, 0.1) is 5.41 Å². The lowest BCUT2D eigenvalue weighted by Crippen LogP contribution is -2.63. The average molecular weight is 370 g/mol. The van der Waals surface area contributed by atoms with Gasteiger partial charge in [-0.05, 0) is 58.0 Å². The Labute approximate surface area is 151 Å². The Morgan fingerprint density at radius 2 is 1.80 bits per heavy atom. The van der Waals surface area contributed by atoms with Crippen LogP contribution in [0.1, 0.15) is 57.8 Å². The minimum Gasteiger partial charge on any atom is -0.354 e. The molecule has 2 aliphatic heterocycles. The highest BCUT2D eigenvalue weighted by Gasteiger charge is 2.58. The average Bonchev–Trinajstić information content (AvgIpc) is 3.28. The smallest absolute Gasteiger partial charge is 0.227 e.